The van der Waals surface area contributed by atoms with Crippen molar-refractivity contribution < 1.29 is 18.0 Å². The van der Waals surface area contributed by atoms with Crippen LogP contribution in [0.15, 0.2) is 71.6 Å². The summed E-state index contributed by atoms with van der Waals surface area (Å²) in [4.78, 5) is 23.5. The van der Waals surface area contributed by atoms with Crippen molar-refractivity contribution in [2.75, 3.05) is 5.32 Å². The van der Waals surface area contributed by atoms with Crippen LogP contribution in [0.5, 0.6) is 0 Å². The van der Waals surface area contributed by atoms with Crippen molar-refractivity contribution in [3.05, 3.63) is 72.3 Å². The number of sulfonamides is 1. The van der Waals surface area contributed by atoms with Gasteiger partial charge in [0.05, 0.1) is 10.9 Å². The molecule has 0 aliphatic carbocycles. The van der Waals surface area contributed by atoms with Crippen LogP contribution in [-0.2, 0) is 14.8 Å². The van der Waals surface area contributed by atoms with E-state index in [9.17, 15) is 18.0 Å². The summed E-state index contributed by atoms with van der Waals surface area (Å²) in [5.41, 5.74) is 5.90. The Morgan fingerprint density at radius 2 is 1.57 bits per heavy atom. The van der Waals surface area contributed by atoms with E-state index in [-0.39, 0.29) is 4.90 Å². The van der Waals surface area contributed by atoms with Gasteiger partial charge in [0.15, 0.2) is 0 Å². The molecule has 0 bridgehead atoms. The van der Waals surface area contributed by atoms with Crippen LogP contribution in [0, 0.1) is 0 Å². The molecule has 7 nitrogen and oxygen atoms in total. The zero-order chi connectivity index (χ0) is 20.3. The highest BCUT2D eigenvalue weighted by molar-refractivity contribution is 7.89. The quantitative estimate of drug-likeness (QED) is 0.591. The third-order valence-corrected chi connectivity index (χ3v) is 5.73. The van der Waals surface area contributed by atoms with Gasteiger partial charge in [0.25, 0.3) is 0 Å². The predicted octanol–water partition coefficient (Wildman–Crippen LogP) is 2.24. The average Bonchev–Trinajstić information content (AvgIpc) is 2.67. The molecule has 3 rings (SSSR count). The van der Waals surface area contributed by atoms with Crippen molar-refractivity contribution >= 4 is 38.3 Å². The maximum Gasteiger partial charge on any atom is 0.248 e. The van der Waals surface area contributed by atoms with Crippen LogP contribution in [0.25, 0.3) is 10.8 Å². The molecule has 8 heteroatoms. The summed E-state index contributed by atoms with van der Waals surface area (Å²) >= 11 is 0. The van der Waals surface area contributed by atoms with Gasteiger partial charge in [0.2, 0.25) is 21.8 Å². The van der Waals surface area contributed by atoms with Crippen molar-refractivity contribution in [2.24, 2.45) is 5.73 Å². The minimum absolute atomic E-state index is 0.0802. The standard InChI is InChI=1S/C20H19N3O4S/c1-13(20(25)22-17-9-6-15(7-10-17)19(21)24)23-28(26,27)18-11-8-14-4-2-3-5-16(14)12-18/h2-13,23H,1H3,(H2,21,24)(H,22,25)/t13-/m1/s1. The monoisotopic (exact) mass is 397 g/mol. The van der Waals surface area contributed by atoms with E-state index >= 15 is 0 Å². The summed E-state index contributed by atoms with van der Waals surface area (Å²) < 4.78 is 27.6. The molecular formula is C20H19N3O4S. The molecule has 0 aromatic heterocycles. The molecule has 0 aliphatic rings. The van der Waals surface area contributed by atoms with E-state index in [1.165, 1.54) is 37.3 Å². The number of hydrogen-bond acceptors (Lipinski definition) is 4. The lowest BCUT2D eigenvalue weighted by molar-refractivity contribution is -0.117. The molecule has 28 heavy (non-hydrogen) atoms. The molecule has 2 amide bonds. The summed E-state index contributed by atoms with van der Waals surface area (Å²) in [6.07, 6.45) is 0. The third kappa shape index (κ3) is 4.36. The maximum absolute atomic E-state index is 12.6. The van der Waals surface area contributed by atoms with E-state index < -0.39 is 27.9 Å². The fourth-order valence-electron chi connectivity index (χ4n) is 2.66. The van der Waals surface area contributed by atoms with Crippen molar-refractivity contribution in [2.45, 2.75) is 17.9 Å². The highest BCUT2D eigenvalue weighted by Gasteiger charge is 2.22. The largest absolute Gasteiger partial charge is 0.366 e. The van der Waals surface area contributed by atoms with Crippen LogP contribution in [0.4, 0.5) is 5.69 Å². The minimum atomic E-state index is -3.88. The fraction of sp³-hybridized carbons (Fsp3) is 0.100. The van der Waals surface area contributed by atoms with Crippen molar-refractivity contribution in [1.82, 2.24) is 4.72 Å². The van der Waals surface area contributed by atoms with Gasteiger partial charge < -0.3 is 11.1 Å². The smallest absolute Gasteiger partial charge is 0.248 e. The molecule has 144 valence electrons. The van der Waals surface area contributed by atoms with E-state index in [4.69, 9.17) is 5.73 Å². The molecular weight excluding hydrogens is 378 g/mol. The number of nitrogens with two attached hydrogens (primary N) is 1. The fourth-order valence-corrected chi connectivity index (χ4v) is 3.90. The zero-order valence-corrected chi connectivity index (χ0v) is 15.9. The average molecular weight is 397 g/mol. The predicted molar refractivity (Wildman–Crippen MR) is 107 cm³/mol. The molecule has 0 fully saturated rings. The van der Waals surface area contributed by atoms with Crippen LogP contribution >= 0.6 is 0 Å². The van der Waals surface area contributed by atoms with E-state index in [0.717, 1.165) is 10.8 Å². The Morgan fingerprint density at radius 1 is 0.929 bits per heavy atom. The Balaban J connectivity index is 1.71. The number of fused-ring (bicyclic) bond motifs is 1. The lowest BCUT2D eigenvalue weighted by atomic mass is 10.1. The number of rotatable bonds is 6. The van der Waals surface area contributed by atoms with Crippen molar-refractivity contribution in [3.63, 3.8) is 0 Å². The van der Waals surface area contributed by atoms with Gasteiger partial charge in [-0.15, -0.1) is 0 Å². The number of nitrogens with one attached hydrogen (secondary N) is 2. The molecule has 4 N–H and O–H groups in total. The van der Waals surface area contributed by atoms with Gasteiger partial charge in [-0.05, 0) is 54.1 Å². The number of amides is 2. The number of carbonyl (C=O) groups excluding carboxylic acids is 2. The van der Waals surface area contributed by atoms with Gasteiger partial charge in [0, 0.05) is 11.3 Å². The number of benzene rings is 3. The molecule has 0 heterocycles. The normalized spacial score (nSPS) is 12.5. The Bertz CT molecular complexity index is 1140. The van der Waals surface area contributed by atoms with Crippen LogP contribution in [0.3, 0.4) is 0 Å². The summed E-state index contributed by atoms with van der Waals surface area (Å²) in [6, 6.07) is 17.2. The second kappa shape index (κ2) is 7.79. The van der Waals surface area contributed by atoms with E-state index in [0.29, 0.717) is 11.3 Å². The Morgan fingerprint density at radius 3 is 2.21 bits per heavy atom. The number of carbonyl (C=O) groups is 2. The summed E-state index contributed by atoms with van der Waals surface area (Å²) in [5.74, 6) is -1.11. The number of primary amides is 1. The van der Waals surface area contributed by atoms with E-state index in [2.05, 4.69) is 10.0 Å². The Kier molecular flexibility index (Phi) is 5.43. The SMILES string of the molecule is C[C@@H](NS(=O)(=O)c1ccc2ccccc2c1)C(=O)Nc1ccc(C(N)=O)cc1. The lowest BCUT2D eigenvalue weighted by Gasteiger charge is -2.15. The first-order valence-electron chi connectivity index (χ1n) is 8.48. The molecule has 1 atom stereocenters. The number of anilines is 1. The first kappa shape index (κ1) is 19.5. The van der Waals surface area contributed by atoms with Crippen LogP contribution in [-0.4, -0.2) is 26.3 Å². The molecule has 0 unspecified atom stereocenters. The molecule has 3 aromatic carbocycles. The van der Waals surface area contributed by atoms with E-state index in [1.807, 2.05) is 24.3 Å². The van der Waals surface area contributed by atoms with Gasteiger partial charge in [-0.2, -0.15) is 4.72 Å². The van der Waals surface area contributed by atoms with Gasteiger partial charge in [-0.25, -0.2) is 8.42 Å². The Labute approximate surface area is 162 Å². The van der Waals surface area contributed by atoms with Crippen molar-refractivity contribution in [3.8, 4) is 0 Å². The molecule has 0 saturated carbocycles. The van der Waals surface area contributed by atoms with Gasteiger partial charge in [-0.3, -0.25) is 9.59 Å². The first-order chi connectivity index (χ1) is 13.3. The third-order valence-electron chi connectivity index (χ3n) is 4.19. The van der Waals surface area contributed by atoms with Crippen LogP contribution in [0.1, 0.15) is 17.3 Å². The first-order valence-corrected chi connectivity index (χ1v) is 9.96. The van der Waals surface area contributed by atoms with Gasteiger partial charge >= 0.3 is 0 Å². The second-order valence-electron chi connectivity index (χ2n) is 6.28. The summed E-state index contributed by atoms with van der Waals surface area (Å²) in [6.45, 7) is 1.45. The molecule has 3 aromatic rings. The Hall–Kier alpha value is -3.23. The van der Waals surface area contributed by atoms with Crippen LogP contribution in [0.2, 0.25) is 0 Å². The van der Waals surface area contributed by atoms with Gasteiger partial charge in [0.1, 0.15) is 0 Å². The van der Waals surface area contributed by atoms with Crippen LogP contribution < -0.4 is 15.8 Å². The molecule has 0 radical (unpaired) electrons. The topological polar surface area (TPSA) is 118 Å². The zero-order valence-electron chi connectivity index (χ0n) is 15.0. The maximum atomic E-state index is 12.6. The van der Waals surface area contributed by atoms with E-state index in [1.54, 1.807) is 12.1 Å². The minimum Gasteiger partial charge on any atom is -0.366 e. The number of hydrogen-bond donors (Lipinski definition) is 3. The highest BCUT2D eigenvalue weighted by Crippen LogP contribution is 2.19. The second-order valence-corrected chi connectivity index (χ2v) is 8.00. The van der Waals surface area contributed by atoms with Gasteiger partial charge in [-0.1, -0.05) is 30.3 Å². The molecule has 0 saturated heterocycles. The lowest BCUT2D eigenvalue weighted by Crippen LogP contribution is -2.41. The summed E-state index contributed by atoms with van der Waals surface area (Å²) in [5, 5.41) is 4.31. The van der Waals surface area contributed by atoms with Crippen molar-refractivity contribution in [1.29, 1.82) is 0 Å². The highest BCUT2D eigenvalue weighted by atomic mass is 32.2. The summed E-state index contributed by atoms with van der Waals surface area (Å²) in [7, 11) is -3.88. The molecule has 0 aliphatic heterocycles. The molecule has 0 spiro atoms.